The molecular formula is C23H22N4O5S. The normalized spacial score (nSPS) is 15.3. The zero-order valence-electron chi connectivity index (χ0n) is 18.0. The minimum atomic E-state index is -0.655. The third kappa shape index (κ3) is 4.96. The molecule has 3 aromatic rings. The molecule has 1 unspecified atom stereocenters. The molecule has 1 aromatic heterocycles. The summed E-state index contributed by atoms with van der Waals surface area (Å²) in [6.45, 7) is 0.268. The number of aromatic nitrogens is 1. The number of benzene rings is 2. The summed E-state index contributed by atoms with van der Waals surface area (Å²) in [7, 11) is 2.83. The third-order valence-electron chi connectivity index (χ3n) is 5.19. The van der Waals surface area contributed by atoms with Gasteiger partial charge in [-0.2, -0.15) is 0 Å². The zero-order valence-corrected chi connectivity index (χ0v) is 18.8. The molecule has 4 rings (SSSR count). The van der Waals surface area contributed by atoms with Gasteiger partial charge in [-0.3, -0.25) is 14.9 Å². The van der Waals surface area contributed by atoms with Gasteiger partial charge in [-0.1, -0.05) is 41.7 Å². The lowest BCUT2D eigenvalue weighted by atomic mass is 10.1. The monoisotopic (exact) mass is 466 g/mol. The summed E-state index contributed by atoms with van der Waals surface area (Å²) in [4.78, 5) is 43.3. The van der Waals surface area contributed by atoms with E-state index in [4.69, 9.17) is 4.74 Å². The van der Waals surface area contributed by atoms with Crippen LogP contribution in [0, 0.1) is 5.92 Å². The van der Waals surface area contributed by atoms with E-state index in [-0.39, 0.29) is 24.8 Å². The zero-order chi connectivity index (χ0) is 23.4. The van der Waals surface area contributed by atoms with Gasteiger partial charge in [0.15, 0.2) is 5.13 Å². The number of anilines is 3. The lowest BCUT2D eigenvalue weighted by molar-refractivity contribution is -0.122. The number of carbonyl (C=O) groups excluding carboxylic acids is 3. The Kier molecular flexibility index (Phi) is 6.55. The molecule has 10 heteroatoms. The first-order chi connectivity index (χ1) is 16.0. The van der Waals surface area contributed by atoms with Crippen molar-refractivity contribution in [3.8, 4) is 17.0 Å². The van der Waals surface area contributed by atoms with E-state index < -0.39 is 12.0 Å². The highest BCUT2D eigenvalue weighted by Gasteiger charge is 2.35. The average Bonchev–Trinajstić information content (AvgIpc) is 3.42. The predicted octanol–water partition coefficient (Wildman–Crippen LogP) is 3.99. The van der Waals surface area contributed by atoms with E-state index in [2.05, 4.69) is 20.4 Å². The van der Waals surface area contributed by atoms with Gasteiger partial charge in [-0.05, 0) is 24.3 Å². The summed E-state index contributed by atoms with van der Waals surface area (Å²) < 4.78 is 9.79. The van der Waals surface area contributed by atoms with Gasteiger partial charge in [0.2, 0.25) is 11.8 Å². The Morgan fingerprint density at radius 1 is 1.06 bits per heavy atom. The van der Waals surface area contributed by atoms with Crippen LogP contribution in [0.25, 0.3) is 11.3 Å². The van der Waals surface area contributed by atoms with Crippen LogP contribution in [-0.4, -0.2) is 43.7 Å². The fourth-order valence-corrected chi connectivity index (χ4v) is 4.37. The molecule has 1 aliphatic rings. The van der Waals surface area contributed by atoms with Crippen LogP contribution in [-0.2, 0) is 14.3 Å². The summed E-state index contributed by atoms with van der Waals surface area (Å²) in [5, 5.41) is 6.20. The fourth-order valence-electron chi connectivity index (χ4n) is 3.50. The van der Waals surface area contributed by atoms with Gasteiger partial charge >= 0.3 is 6.09 Å². The Morgan fingerprint density at radius 2 is 1.79 bits per heavy atom. The smallest absolute Gasteiger partial charge is 0.413 e. The SMILES string of the molecule is COC(=O)Nc1nc(-c2ccccc2)c(NC(=O)C2CC(=O)N(c3ccc(OC)cc3)C2)s1. The molecular weight excluding hydrogens is 444 g/mol. The molecule has 0 radical (unpaired) electrons. The Balaban J connectivity index is 1.52. The number of rotatable bonds is 6. The summed E-state index contributed by atoms with van der Waals surface area (Å²) >= 11 is 1.12. The number of ether oxygens (including phenoxy) is 2. The predicted molar refractivity (Wildman–Crippen MR) is 126 cm³/mol. The minimum absolute atomic E-state index is 0.102. The Labute approximate surface area is 194 Å². The highest BCUT2D eigenvalue weighted by Crippen LogP contribution is 2.37. The number of amides is 3. The quantitative estimate of drug-likeness (QED) is 0.569. The highest BCUT2D eigenvalue weighted by atomic mass is 32.1. The summed E-state index contributed by atoms with van der Waals surface area (Å²) in [6, 6.07) is 16.4. The van der Waals surface area contributed by atoms with Crippen molar-refractivity contribution >= 4 is 45.1 Å². The van der Waals surface area contributed by atoms with Crippen molar-refractivity contribution in [1.82, 2.24) is 4.98 Å². The van der Waals surface area contributed by atoms with Gasteiger partial charge in [0.25, 0.3) is 0 Å². The van der Waals surface area contributed by atoms with Crippen LogP contribution in [0.15, 0.2) is 54.6 Å². The average molecular weight is 467 g/mol. The first-order valence-corrected chi connectivity index (χ1v) is 11.0. The van der Waals surface area contributed by atoms with Gasteiger partial charge in [0, 0.05) is 24.2 Å². The van der Waals surface area contributed by atoms with Crippen molar-refractivity contribution in [2.24, 2.45) is 5.92 Å². The van der Waals surface area contributed by atoms with Crippen LogP contribution < -0.4 is 20.3 Å². The molecule has 2 N–H and O–H groups in total. The number of carbonyl (C=O) groups is 3. The molecule has 1 saturated heterocycles. The Bertz CT molecular complexity index is 1160. The van der Waals surface area contributed by atoms with E-state index >= 15 is 0 Å². The van der Waals surface area contributed by atoms with E-state index in [0.29, 0.717) is 27.3 Å². The van der Waals surface area contributed by atoms with E-state index in [1.165, 1.54) is 7.11 Å². The molecule has 1 aliphatic heterocycles. The van der Waals surface area contributed by atoms with Crippen LogP contribution in [0.5, 0.6) is 5.75 Å². The molecule has 9 nitrogen and oxygen atoms in total. The molecule has 170 valence electrons. The van der Waals surface area contributed by atoms with Crippen LogP contribution in [0.2, 0.25) is 0 Å². The molecule has 0 bridgehead atoms. The van der Waals surface area contributed by atoms with E-state index in [1.807, 2.05) is 30.3 Å². The van der Waals surface area contributed by atoms with Crippen molar-refractivity contribution < 1.29 is 23.9 Å². The Morgan fingerprint density at radius 3 is 2.45 bits per heavy atom. The second-order valence-electron chi connectivity index (χ2n) is 7.27. The summed E-state index contributed by atoms with van der Waals surface area (Å²) in [5.74, 6) is -0.247. The maximum atomic E-state index is 13.1. The van der Waals surface area contributed by atoms with Crippen molar-refractivity contribution in [1.29, 1.82) is 0 Å². The Hall–Kier alpha value is -3.92. The molecule has 0 aliphatic carbocycles. The molecule has 2 heterocycles. The number of thiazole rings is 1. The van der Waals surface area contributed by atoms with Gasteiger partial charge in [-0.15, -0.1) is 0 Å². The van der Waals surface area contributed by atoms with Gasteiger partial charge in [0.05, 0.1) is 20.1 Å². The van der Waals surface area contributed by atoms with Gasteiger partial charge < -0.3 is 19.7 Å². The van der Waals surface area contributed by atoms with Gasteiger partial charge in [-0.25, -0.2) is 9.78 Å². The van der Waals surface area contributed by atoms with Crippen LogP contribution >= 0.6 is 11.3 Å². The topological polar surface area (TPSA) is 110 Å². The van der Waals surface area contributed by atoms with Crippen LogP contribution in [0.3, 0.4) is 0 Å². The van der Waals surface area contributed by atoms with E-state index in [9.17, 15) is 14.4 Å². The van der Waals surface area contributed by atoms with E-state index in [0.717, 1.165) is 16.9 Å². The molecule has 3 amide bonds. The molecule has 0 spiro atoms. The second kappa shape index (κ2) is 9.70. The number of nitrogens with one attached hydrogen (secondary N) is 2. The first-order valence-electron chi connectivity index (χ1n) is 10.1. The van der Waals surface area contributed by atoms with E-state index in [1.54, 1.807) is 36.3 Å². The minimum Gasteiger partial charge on any atom is -0.497 e. The van der Waals surface area contributed by atoms with Crippen LogP contribution in [0.1, 0.15) is 6.42 Å². The molecule has 33 heavy (non-hydrogen) atoms. The standard InChI is InChI=1S/C23H22N4O5S/c1-31-17-10-8-16(9-11-17)27-13-15(12-18(27)28)20(29)25-21-19(14-6-4-3-5-7-14)24-22(33-21)26-23(30)32-2/h3-11,15H,12-13H2,1-2H3,(H,25,29)(H,24,26,30). The molecule has 0 saturated carbocycles. The number of hydrogen-bond acceptors (Lipinski definition) is 7. The van der Waals surface area contributed by atoms with Crippen LogP contribution in [0.4, 0.5) is 20.6 Å². The summed E-state index contributed by atoms with van der Waals surface area (Å²) in [6.07, 6.45) is -0.553. The number of nitrogens with zero attached hydrogens (tertiary/aromatic N) is 2. The maximum absolute atomic E-state index is 13.1. The van der Waals surface area contributed by atoms with Crippen molar-refractivity contribution in [2.75, 3.05) is 36.3 Å². The fraction of sp³-hybridized carbons (Fsp3) is 0.217. The first kappa shape index (κ1) is 22.3. The van der Waals surface area contributed by atoms with Gasteiger partial charge in [0.1, 0.15) is 16.4 Å². The summed E-state index contributed by atoms with van der Waals surface area (Å²) in [5.41, 5.74) is 2.02. The lowest BCUT2D eigenvalue weighted by Gasteiger charge is -2.17. The molecule has 1 fully saturated rings. The second-order valence-corrected chi connectivity index (χ2v) is 8.27. The highest BCUT2D eigenvalue weighted by molar-refractivity contribution is 7.20. The lowest BCUT2D eigenvalue weighted by Crippen LogP contribution is -2.28. The third-order valence-corrected chi connectivity index (χ3v) is 6.07. The number of methoxy groups -OCH3 is 2. The van der Waals surface area contributed by atoms with Crippen molar-refractivity contribution in [2.45, 2.75) is 6.42 Å². The molecule has 1 atom stereocenters. The molecule has 2 aromatic carbocycles. The largest absolute Gasteiger partial charge is 0.497 e. The number of hydrogen-bond donors (Lipinski definition) is 2. The maximum Gasteiger partial charge on any atom is 0.413 e. The van der Waals surface area contributed by atoms with Crippen molar-refractivity contribution in [3.05, 3.63) is 54.6 Å². The van der Waals surface area contributed by atoms with Crippen molar-refractivity contribution in [3.63, 3.8) is 0 Å².